The number of anilines is 1. The third-order valence-electron chi connectivity index (χ3n) is 4.63. The van der Waals surface area contributed by atoms with E-state index >= 15 is 0 Å². The Hall–Kier alpha value is -2.90. The Balaban J connectivity index is 1.49. The van der Waals surface area contributed by atoms with Crippen molar-refractivity contribution in [3.63, 3.8) is 0 Å². The third kappa shape index (κ3) is 4.88. The molecule has 1 aliphatic rings. The fraction of sp³-hybridized carbons (Fsp3) is 0.333. The molecule has 0 amide bonds. The van der Waals surface area contributed by atoms with E-state index in [0.29, 0.717) is 5.82 Å². The highest BCUT2D eigenvalue weighted by Gasteiger charge is 2.11. The van der Waals surface area contributed by atoms with Gasteiger partial charge in [0.25, 0.3) is 0 Å². The van der Waals surface area contributed by atoms with Crippen molar-refractivity contribution in [2.45, 2.75) is 6.42 Å². The predicted octanol–water partition coefficient (Wildman–Crippen LogP) is 2.73. The number of nitrogens with zero attached hydrogens (tertiary/aromatic N) is 5. The molecule has 1 aliphatic heterocycles. The van der Waals surface area contributed by atoms with Crippen molar-refractivity contribution in [2.24, 2.45) is 0 Å². The zero-order valence-electron chi connectivity index (χ0n) is 15.8. The van der Waals surface area contributed by atoms with Gasteiger partial charge in [0.05, 0.1) is 24.6 Å². The van der Waals surface area contributed by atoms with Crippen LogP contribution in [0.1, 0.15) is 6.42 Å². The lowest BCUT2D eigenvalue weighted by molar-refractivity contribution is 0.0378. The van der Waals surface area contributed by atoms with E-state index in [9.17, 15) is 0 Å². The summed E-state index contributed by atoms with van der Waals surface area (Å²) >= 11 is 0. The molecule has 1 fully saturated rings. The van der Waals surface area contributed by atoms with Crippen LogP contribution in [0, 0.1) is 0 Å². The standard InChI is InChI=1S/C21H24N6O/c1-2-8-23-18(6-1)19-15-20(24-9-4-10-27-11-13-28-14-12-27)26-21(25-19)17-5-3-7-22-16-17/h1-3,5-8,15-16H,4,9-14H2,(H,24,25,26). The van der Waals surface area contributed by atoms with Crippen molar-refractivity contribution in [2.75, 3.05) is 44.7 Å². The minimum Gasteiger partial charge on any atom is -0.379 e. The molecule has 0 spiro atoms. The van der Waals surface area contributed by atoms with Crippen LogP contribution < -0.4 is 5.32 Å². The molecule has 1 N–H and O–H groups in total. The van der Waals surface area contributed by atoms with Gasteiger partial charge in [0.2, 0.25) is 0 Å². The van der Waals surface area contributed by atoms with E-state index in [4.69, 9.17) is 9.72 Å². The molecule has 0 unspecified atom stereocenters. The average molecular weight is 376 g/mol. The summed E-state index contributed by atoms with van der Waals surface area (Å²) in [4.78, 5) is 20.4. The molecule has 0 aromatic carbocycles. The molecule has 1 saturated heterocycles. The molecule has 7 heteroatoms. The summed E-state index contributed by atoms with van der Waals surface area (Å²) in [7, 11) is 0. The van der Waals surface area contributed by atoms with Crippen LogP contribution in [0.15, 0.2) is 55.0 Å². The van der Waals surface area contributed by atoms with Gasteiger partial charge < -0.3 is 10.1 Å². The number of morpholine rings is 1. The number of hydrogen-bond acceptors (Lipinski definition) is 7. The van der Waals surface area contributed by atoms with Gasteiger partial charge in [-0.1, -0.05) is 6.07 Å². The molecule has 4 heterocycles. The van der Waals surface area contributed by atoms with Crippen molar-refractivity contribution in [1.82, 2.24) is 24.8 Å². The fourth-order valence-corrected chi connectivity index (χ4v) is 3.15. The van der Waals surface area contributed by atoms with Gasteiger partial charge in [-0.2, -0.15) is 0 Å². The quantitative estimate of drug-likeness (QED) is 0.635. The van der Waals surface area contributed by atoms with Gasteiger partial charge >= 0.3 is 0 Å². The van der Waals surface area contributed by atoms with Crippen LogP contribution in [-0.4, -0.2) is 64.2 Å². The summed E-state index contributed by atoms with van der Waals surface area (Å²) in [5.74, 6) is 1.45. The average Bonchev–Trinajstić information content (AvgIpc) is 2.78. The summed E-state index contributed by atoms with van der Waals surface area (Å²) in [5, 5.41) is 3.45. The van der Waals surface area contributed by atoms with Crippen LogP contribution in [-0.2, 0) is 4.74 Å². The Kier molecular flexibility index (Phi) is 6.16. The fourth-order valence-electron chi connectivity index (χ4n) is 3.15. The first kappa shape index (κ1) is 18.5. The Morgan fingerprint density at radius 2 is 1.93 bits per heavy atom. The van der Waals surface area contributed by atoms with Crippen LogP contribution in [0.3, 0.4) is 0 Å². The van der Waals surface area contributed by atoms with Crippen LogP contribution in [0.5, 0.6) is 0 Å². The molecule has 0 aliphatic carbocycles. The molecule has 144 valence electrons. The highest BCUT2D eigenvalue weighted by Crippen LogP contribution is 2.22. The SMILES string of the molecule is c1ccc(-c2cc(NCCCN3CCOCC3)nc(-c3cccnc3)n2)nc1. The van der Waals surface area contributed by atoms with Crippen LogP contribution in [0.2, 0.25) is 0 Å². The summed E-state index contributed by atoms with van der Waals surface area (Å²) in [6, 6.07) is 11.6. The lowest BCUT2D eigenvalue weighted by Gasteiger charge is -2.26. The van der Waals surface area contributed by atoms with Crippen molar-refractivity contribution in [3.8, 4) is 22.8 Å². The molecule has 0 atom stereocenters. The maximum absolute atomic E-state index is 5.40. The summed E-state index contributed by atoms with van der Waals surface area (Å²) in [6.45, 7) is 5.61. The number of rotatable bonds is 7. The van der Waals surface area contributed by atoms with Crippen molar-refractivity contribution in [3.05, 3.63) is 55.0 Å². The zero-order valence-corrected chi connectivity index (χ0v) is 15.8. The first-order valence-electron chi connectivity index (χ1n) is 9.63. The molecular formula is C21H24N6O. The third-order valence-corrected chi connectivity index (χ3v) is 4.63. The molecule has 4 rings (SSSR count). The smallest absolute Gasteiger partial charge is 0.163 e. The summed E-state index contributed by atoms with van der Waals surface area (Å²) in [6.07, 6.45) is 6.35. The second-order valence-corrected chi connectivity index (χ2v) is 6.65. The number of aromatic nitrogens is 4. The van der Waals surface area contributed by atoms with Gasteiger partial charge in [-0.3, -0.25) is 14.9 Å². The summed E-state index contributed by atoms with van der Waals surface area (Å²) in [5.41, 5.74) is 2.51. The van der Waals surface area contributed by atoms with E-state index in [1.165, 1.54) is 0 Å². The molecule has 3 aromatic rings. The van der Waals surface area contributed by atoms with Crippen molar-refractivity contribution < 1.29 is 4.74 Å². The Bertz CT molecular complexity index is 811. The monoisotopic (exact) mass is 376 g/mol. The number of ether oxygens (including phenoxy) is 1. The maximum Gasteiger partial charge on any atom is 0.163 e. The van der Waals surface area contributed by atoms with Gasteiger partial charge in [-0.25, -0.2) is 9.97 Å². The van der Waals surface area contributed by atoms with Gasteiger partial charge in [-0.05, 0) is 37.2 Å². The molecular weight excluding hydrogens is 352 g/mol. The van der Waals surface area contributed by atoms with E-state index in [0.717, 1.165) is 68.6 Å². The Morgan fingerprint density at radius 1 is 1.00 bits per heavy atom. The first-order chi connectivity index (χ1) is 13.9. The predicted molar refractivity (Wildman–Crippen MR) is 109 cm³/mol. The number of hydrogen-bond donors (Lipinski definition) is 1. The highest BCUT2D eigenvalue weighted by atomic mass is 16.5. The second-order valence-electron chi connectivity index (χ2n) is 6.65. The van der Waals surface area contributed by atoms with E-state index in [-0.39, 0.29) is 0 Å². The second kappa shape index (κ2) is 9.34. The summed E-state index contributed by atoms with van der Waals surface area (Å²) < 4.78 is 5.40. The minimum atomic E-state index is 0.645. The first-order valence-corrected chi connectivity index (χ1v) is 9.63. The zero-order chi connectivity index (χ0) is 19.0. The van der Waals surface area contributed by atoms with E-state index in [1.807, 2.05) is 36.4 Å². The van der Waals surface area contributed by atoms with Crippen molar-refractivity contribution in [1.29, 1.82) is 0 Å². The molecule has 0 saturated carbocycles. The van der Waals surface area contributed by atoms with E-state index in [1.54, 1.807) is 18.6 Å². The molecule has 7 nitrogen and oxygen atoms in total. The largest absolute Gasteiger partial charge is 0.379 e. The van der Waals surface area contributed by atoms with E-state index < -0.39 is 0 Å². The topological polar surface area (TPSA) is 76.1 Å². The van der Waals surface area contributed by atoms with Gasteiger partial charge in [0.1, 0.15) is 5.82 Å². The van der Waals surface area contributed by atoms with E-state index in [2.05, 4.69) is 25.2 Å². The molecule has 0 bridgehead atoms. The molecule has 28 heavy (non-hydrogen) atoms. The minimum absolute atomic E-state index is 0.645. The number of pyridine rings is 2. The van der Waals surface area contributed by atoms with Gasteiger partial charge in [-0.15, -0.1) is 0 Å². The Labute approximate surface area is 164 Å². The van der Waals surface area contributed by atoms with Gasteiger partial charge in [0, 0.05) is 49.9 Å². The molecule has 0 radical (unpaired) electrons. The Morgan fingerprint density at radius 3 is 2.71 bits per heavy atom. The lowest BCUT2D eigenvalue weighted by atomic mass is 10.2. The highest BCUT2D eigenvalue weighted by molar-refractivity contribution is 5.64. The normalized spacial score (nSPS) is 14.7. The van der Waals surface area contributed by atoms with Crippen LogP contribution in [0.25, 0.3) is 22.8 Å². The van der Waals surface area contributed by atoms with Crippen LogP contribution >= 0.6 is 0 Å². The maximum atomic E-state index is 5.40. The van der Waals surface area contributed by atoms with Gasteiger partial charge in [0.15, 0.2) is 5.82 Å². The lowest BCUT2D eigenvalue weighted by Crippen LogP contribution is -2.37. The van der Waals surface area contributed by atoms with Crippen molar-refractivity contribution >= 4 is 5.82 Å². The number of nitrogens with one attached hydrogen (secondary N) is 1. The molecule has 3 aromatic heterocycles. The van der Waals surface area contributed by atoms with Crippen LogP contribution in [0.4, 0.5) is 5.82 Å².